The van der Waals surface area contributed by atoms with E-state index in [2.05, 4.69) is 11.9 Å². The molecule has 0 bridgehead atoms. The molecule has 1 aromatic rings. The molecular weight excluding hydrogens is 272 g/mol. The Labute approximate surface area is 120 Å². The second-order valence-corrected chi connectivity index (χ2v) is 4.45. The van der Waals surface area contributed by atoms with Crippen molar-refractivity contribution in [2.45, 2.75) is 6.42 Å². The maximum atomic E-state index is 11.7. The SMILES string of the molecule is C=C1CC(=O)/C(=C\C=C\c2ccc([N+](=O)[O-])cc2)C(=O)N1. The van der Waals surface area contributed by atoms with Crippen LogP contribution in [-0.4, -0.2) is 16.6 Å². The van der Waals surface area contributed by atoms with Crippen LogP contribution in [0.15, 0.2) is 54.3 Å². The predicted molar refractivity (Wildman–Crippen MR) is 77.1 cm³/mol. The number of nitrogens with one attached hydrogen (secondary N) is 1. The molecule has 0 aliphatic carbocycles. The molecule has 106 valence electrons. The van der Waals surface area contributed by atoms with E-state index in [4.69, 9.17) is 0 Å². The van der Waals surface area contributed by atoms with Gasteiger partial charge < -0.3 is 5.32 Å². The number of carbonyl (C=O) groups is 2. The van der Waals surface area contributed by atoms with Crippen LogP contribution in [0.2, 0.25) is 0 Å². The summed E-state index contributed by atoms with van der Waals surface area (Å²) in [6.07, 6.45) is 4.73. The Balaban J connectivity index is 2.12. The van der Waals surface area contributed by atoms with Gasteiger partial charge in [-0.3, -0.25) is 19.7 Å². The number of nitro groups is 1. The Kier molecular flexibility index (Phi) is 4.08. The molecule has 0 radical (unpaired) electrons. The van der Waals surface area contributed by atoms with Gasteiger partial charge in [-0.05, 0) is 23.8 Å². The van der Waals surface area contributed by atoms with E-state index in [1.165, 1.54) is 18.2 Å². The largest absolute Gasteiger partial charge is 0.326 e. The van der Waals surface area contributed by atoms with E-state index in [0.29, 0.717) is 5.70 Å². The van der Waals surface area contributed by atoms with E-state index in [9.17, 15) is 19.7 Å². The van der Waals surface area contributed by atoms with Crippen LogP contribution in [0.3, 0.4) is 0 Å². The minimum atomic E-state index is -0.479. The van der Waals surface area contributed by atoms with E-state index < -0.39 is 10.8 Å². The first-order valence-corrected chi connectivity index (χ1v) is 6.12. The van der Waals surface area contributed by atoms with Gasteiger partial charge in [0.15, 0.2) is 5.78 Å². The molecule has 0 aromatic heterocycles. The topological polar surface area (TPSA) is 89.3 Å². The van der Waals surface area contributed by atoms with E-state index >= 15 is 0 Å². The highest BCUT2D eigenvalue weighted by atomic mass is 16.6. The van der Waals surface area contributed by atoms with Crippen LogP contribution in [0.5, 0.6) is 0 Å². The second kappa shape index (κ2) is 5.96. The molecule has 0 saturated carbocycles. The number of non-ortho nitro benzene ring substituents is 1. The number of carbonyl (C=O) groups excluding carboxylic acids is 2. The monoisotopic (exact) mass is 284 g/mol. The Morgan fingerprint density at radius 3 is 2.48 bits per heavy atom. The number of benzene rings is 1. The number of Topliss-reactive ketones (excluding diaryl/α,β-unsaturated/α-hetero) is 1. The molecular formula is C15H12N2O4. The van der Waals surface area contributed by atoms with Crippen molar-refractivity contribution < 1.29 is 14.5 Å². The van der Waals surface area contributed by atoms with E-state index in [0.717, 1.165) is 5.56 Å². The number of rotatable bonds is 3. The van der Waals surface area contributed by atoms with Gasteiger partial charge in [-0.1, -0.05) is 18.7 Å². The summed E-state index contributed by atoms with van der Waals surface area (Å²) in [5.41, 5.74) is 1.19. The van der Waals surface area contributed by atoms with Gasteiger partial charge >= 0.3 is 0 Å². The fraction of sp³-hybridized carbons (Fsp3) is 0.0667. The van der Waals surface area contributed by atoms with Crippen LogP contribution < -0.4 is 5.32 Å². The minimum absolute atomic E-state index is 0.00542. The number of hydrogen-bond acceptors (Lipinski definition) is 4. The molecule has 21 heavy (non-hydrogen) atoms. The molecule has 2 rings (SSSR count). The number of nitrogens with zero attached hydrogens (tertiary/aromatic N) is 1. The number of piperidine rings is 1. The normalized spacial score (nSPS) is 17.3. The summed E-state index contributed by atoms with van der Waals surface area (Å²) in [6.45, 7) is 3.55. The summed E-state index contributed by atoms with van der Waals surface area (Å²) in [7, 11) is 0. The number of nitro benzene ring substituents is 1. The third kappa shape index (κ3) is 3.50. The quantitative estimate of drug-likeness (QED) is 0.398. The van der Waals surface area contributed by atoms with E-state index in [1.54, 1.807) is 24.3 Å². The molecule has 1 aromatic carbocycles. The van der Waals surface area contributed by atoms with E-state index in [1.807, 2.05) is 0 Å². The van der Waals surface area contributed by atoms with Crippen molar-refractivity contribution >= 4 is 23.5 Å². The van der Waals surface area contributed by atoms with Crippen molar-refractivity contribution in [3.05, 3.63) is 69.9 Å². The minimum Gasteiger partial charge on any atom is -0.326 e. The van der Waals surface area contributed by atoms with Crippen molar-refractivity contribution in [2.75, 3.05) is 0 Å². The first-order chi connectivity index (χ1) is 9.97. The molecule has 0 spiro atoms. The molecule has 0 atom stereocenters. The predicted octanol–water partition coefficient (Wildman–Crippen LogP) is 2.14. The summed E-state index contributed by atoms with van der Waals surface area (Å²) in [4.78, 5) is 33.3. The summed E-state index contributed by atoms with van der Waals surface area (Å²) < 4.78 is 0. The van der Waals surface area contributed by atoms with Crippen LogP contribution in [0.1, 0.15) is 12.0 Å². The van der Waals surface area contributed by atoms with Gasteiger partial charge in [-0.2, -0.15) is 0 Å². The molecule has 1 N–H and O–H groups in total. The number of allylic oxidation sites excluding steroid dienone is 3. The number of ketones is 1. The van der Waals surface area contributed by atoms with Gasteiger partial charge in [0.1, 0.15) is 0 Å². The average Bonchev–Trinajstić information content (AvgIpc) is 2.42. The highest BCUT2D eigenvalue weighted by Crippen LogP contribution is 2.15. The Morgan fingerprint density at radius 1 is 1.24 bits per heavy atom. The van der Waals surface area contributed by atoms with Crippen molar-refractivity contribution in [1.82, 2.24) is 5.32 Å². The zero-order valence-corrected chi connectivity index (χ0v) is 11.0. The van der Waals surface area contributed by atoms with Gasteiger partial charge in [0.05, 0.1) is 16.9 Å². The van der Waals surface area contributed by atoms with Crippen molar-refractivity contribution in [3.63, 3.8) is 0 Å². The maximum absolute atomic E-state index is 11.7. The fourth-order valence-electron chi connectivity index (χ4n) is 1.82. The Bertz CT molecular complexity index is 662. The summed E-state index contributed by atoms with van der Waals surface area (Å²) in [6, 6.07) is 5.93. The number of amides is 1. The first kappa shape index (κ1) is 14.4. The molecule has 6 heteroatoms. The maximum Gasteiger partial charge on any atom is 0.269 e. The molecule has 1 amide bonds. The molecule has 0 unspecified atom stereocenters. The number of hydrogen-bond donors (Lipinski definition) is 1. The lowest BCUT2D eigenvalue weighted by Crippen LogP contribution is -2.34. The van der Waals surface area contributed by atoms with Gasteiger partial charge in [-0.15, -0.1) is 0 Å². The molecule has 1 saturated heterocycles. The average molecular weight is 284 g/mol. The first-order valence-electron chi connectivity index (χ1n) is 6.12. The molecule has 1 aliphatic heterocycles. The van der Waals surface area contributed by atoms with Crippen LogP contribution in [0, 0.1) is 10.1 Å². The standard InChI is InChI=1S/C15H12N2O4/c1-10-9-14(18)13(15(19)16-10)4-2-3-11-5-7-12(8-6-11)17(20)21/h2-8H,1,9H2,(H,16,19)/b3-2+,13-4+. The third-order valence-electron chi connectivity index (χ3n) is 2.86. The summed E-state index contributed by atoms with van der Waals surface area (Å²) >= 11 is 0. The van der Waals surface area contributed by atoms with Gasteiger partial charge in [-0.25, -0.2) is 0 Å². The molecule has 1 fully saturated rings. The third-order valence-corrected chi connectivity index (χ3v) is 2.86. The lowest BCUT2D eigenvalue weighted by Gasteiger charge is -2.15. The van der Waals surface area contributed by atoms with Crippen molar-refractivity contribution in [1.29, 1.82) is 0 Å². The van der Waals surface area contributed by atoms with Crippen molar-refractivity contribution in [2.24, 2.45) is 0 Å². The fourth-order valence-corrected chi connectivity index (χ4v) is 1.82. The molecule has 1 heterocycles. The Hall–Kier alpha value is -3.02. The summed E-state index contributed by atoms with van der Waals surface area (Å²) in [5.74, 6) is -0.748. The zero-order valence-electron chi connectivity index (χ0n) is 11.0. The Morgan fingerprint density at radius 2 is 1.90 bits per heavy atom. The van der Waals surface area contributed by atoms with Crippen LogP contribution >= 0.6 is 0 Å². The molecule has 1 aliphatic rings. The van der Waals surface area contributed by atoms with Crippen LogP contribution in [0.4, 0.5) is 5.69 Å². The smallest absolute Gasteiger partial charge is 0.269 e. The lowest BCUT2D eigenvalue weighted by molar-refractivity contribution is -0.384. The van der Waals surface area contributed by atoms with Crippen LogP contribution in [0.25, 0.3) is 6.08 Å². The van der Waals surface area contributed by atoms with Crippen molar-refractivity contribution in [3.8, 4) is 0 Å². The highest BCUT2D eigenvalue weighted by Gasteiger charge is 2.24. The van der Waals surface area contributed by atoms with Gasteiger partial charge in [0, 0.05) is 17.8 Å². The highest BCUT2D eigenvalue weighted by molar-refractivity contribution is 6.22. The van der Waals surface area contributed by atoms with Gasteiger partial charge in [0.25, 0.3) is 11.6 Å². The molecule has 6 nitrogen and oxygen atoms in total. The van der Waals surface area contributed by atoms with Gasteiger partial charge in [0.2, 0.25) is 0 Å². The summed E-state index contributed by atoms with van der Waals surface area (Å²) in [5, 5.41) is 13.0. The second-order valence-electron chi connectivity index (χ2n) is 4.45. The van der Waals surface area contributed by atoms with Crippen LogP contribution in [-0.2, 0) is 9.59 Å². The van der Waals surface area contributed by atoms with E-state index in [-0.39, 0.29) is 23.5 Å². The lowest BCUT2D eigenvalue weighted by atomic mass is 10.0. The zero-order chi connectivity index (χ0) is 15.4.